The molecule has 1 aliphatic heterocycles. The third kappa shape index (κ3) is 5.47. The van der Waals surface area contributed by atoms with Gasteiger partial charge in [0.1, 0.15) is 5.75 Å². The fourth-order valence-electron chi connectivity index (χ4n) is 5.12. The number of amides is 2. The standard InChI is InChI=1S/C27H37N7O3/c1-5-33-18(2)21-15-20(22(36-4)17-29-21)23-31-25(24-28-12-13-34(24)32-23)37-14-8-6-7-9-19(30-26(33)35)16-27(3)10-11-27/h12-13,15,17-19H,5-11,14,16H2,1-4H3,(H,30,35)/t18-,19?/m1/s1. The third-order valence-electron chi connectivity index (χ3n) is 7.68. The van der Waals surface area contributed by atoms with Crippen LogP contribution >= 0.6 is 0 Å². The lowest BCUT2D eigenvalue weighted by molar-refractivity contribution is 0.174. The summed E-state index contributed by atoms with van der Waals surface area (Å²) in [4.78, 5) is 29.1. The van der Waals surface area contributed by atoms with Crippen molar-refractivity contribution < 1.29 is 14.3 Å². The summed E-state index contributed by atoms with van der Waals surface area (Å²) < 4.78 is 13.4. The zero-order valence-corrected chi connectivity index (χ0v) is 22.2. The Morgan fingerprint density at radius 1 is 1.24 bits per heavy atom. The monoisotopic (exact) mass is 507 g/mol. The first-order chi connectivity index (χ1) is 17.9. The van der Waals surface area contributed by atoms with Gasteiger partial charge in [-0.15, -0.1) is 5.10 Å². The second kappa shape index (κ2) is 10.5. The quantitative estimate of drug-likeness (QED) is 0.541. The van der Waals surface area contributed by atoms with Crippen LogP contribution in [-0.4, -0.2) is 61.8 Å². The number of hydrogen-bond donors (Lipinski definition) is 1. The highest BCUT2D eigenvalue weighted by molar-refractivity contribution is 5.75. The van der Waals surface area contributed by atoms with Gasteiger partial charge in [-0.05, 0) is 63.9 Å². The van der Waals surface area contributed by atoms with Crippen LogP contribution < -0.4 is 14.8 Å². The lowest BCUT2D eigenvalue weighted by Crippen LogP contribution is -2.46. The molecule has 4 bridgehead atoms. The van der Waals surface area contributed by atoms with E-state index in [0.717, 1.165) is 37.8 Å². The number of hydrogen-bond acceptors (Lipinski definition) is 7. The smallest absolute Gasteiger partial charge is 0.318 e. The van der Waals surface area contributed by atoms with Crippen LogP contribution in [0.3, 0.4) is 0 Å². The molecule has 1 unspecified atom stereocenters. The van der Waals surface area contributed by atoms with Crippen molar-refractivity contribution >= 4 is 11.7 Å². The fraction of sp³-hybridized carbons (Fsp3) is 0.593. The first kappa shape index (κ1) is 25.2. The largest absolute Gasteiger partial charge is 0.494 e. The highest BCUT2D eigenvalue weighted by Gasteiger charge is 2.39. The number of fused-ring (bicyclic) bond motifs is 7. The SMILES string of the molecule is CCN1C(=O)NC(CC2(C)CC2)CCCCCOc2nc(nn3ccnc23)-c2cc(ncc2OC)[C@H]1C. The Labute approximate surface area is 217 Å². The first-order valence-electron chi connectivity index (χ1n) is 13.4. The van der Waals surface area contributed by atoms with Crippen molar-refractivity contribution in [2.75, 3.05) is 20.3 Å². The molecule has 10 nitrogen and oxygen atoms in total. The fourth-order valence-corrected chi connectivity index (χ4v) is 5.12. The number of pyridine rings is 1. The Balaban J connectivity index is 1.53. The predicted octanol–water partition coefficient (Wildman–Crippen LogP) is 4.80. The summed E-state index contributed by atoms with van der Waals surface area (Å²) >= 11 is 0. The van der Waals surface area contributed by atoms with Crippen molar-refractivity contribution in [3.8, 4) is 23.0 Å². The molecule has 0 spiro atoms. The van der Waals surface area contributed by atoms with Gasteiger partial charge in [0, 0.05) is 25.0 Å². The number of nitrogens with one attached hydrogen (secondary N) is 1. The Morgan fingerprint density at radius 3 is 2.84 bits per heavy atom. The van der Waals surface area contributed by atoms with Gasteiger partial charge in [-0.1, -0.05) is 13.3 Å². The minimum absolute atomic E-state index is 0.0468. The van der Waals surface area contributed by atoms with Crippen LogP contribution in [0.25, 0.3) is 17.0 Å². The van der Waals surface area contributed by atoms with Crippen molar-refractivity contribution in [2.24, 2.45) is 5.41 Å². The van der Waals surface area contributed by atoms with E-state index in [9.17, 15) is 4.79 Å². The number of carbonyl (C=O) groups is 1. The number of urea groups is 1. The van der Waals surface area contributed by atoms with E-state index in [1.165, 1.54) is 12.8 Å². The highest BCUT2D eigenvalue weighted by Crippen LogP contribution is 2.49. The molecular formula is C27H37N7O3. The minimum atomic E-state index is -0.254. The van der Waals surface area contributed by atoms with Crippen molar-refractivity contribution in [3.05, 3.63) is 30.4 Å². The van der Waals surface area contributed by atoms with E-state index in [1.807, 2.05) is 24.8 Å². The van der Waals surface area contributed by atoms with E-state index in [1.54, 1.807) is 30.2 Å². The molecule has 3 aromatic heterocycles. The average molecular weight is 508 g/mol. The van der Waals surface area contributed by atoms with E-state index in [0.29, 0.717) is 47.2 Å². The molecular weight excluding hydrogens is 470 g/mol. The van der Waals surface area contributed by atoms with Crippen LogP contribution in [0.4, 0.5) is 4.79 Å². The number of nitrogens with zero attached hydrogens (tertiary/aromatic N) is 6. The van der Waals surface area contributed by atoms with E-state index in [2.05, 4.69) is 27.3 Å². The first-order valence-corrected chi connectivity index (χ1v) is 13.4. The molecule has 2 amide bonds. The molecule has 37 heavy (non-hydrogen) atoms. The number of imidazole rings is 1. The van der Waals surface area contributed by atoms with Crippen LogP contribution in [0.5, 0.6) is 11.6 Å². The number of ether oxygens (including phenoxy) is 2. The van der Waals surface area contributed by atoms with Crippen LogP contribution in [0.1, 0.15) is 77.5 Å². The van der Waals surface area contributed by atoms with Gasteiger partial charge in [0.05, 0.1) is 37.2 Å². The summed E-state index contributed by atoms with van der Waals surface area (Å²) in [5, 5.41) is 8.02. The van der Waals surface area contributed by atoms with Crippen LogP contribution in [0.15, 0.2) is 24.7 Å². The maximum absolute atomic E-state index is 13.5. The molecule has 0 aromatic carbocycles. The van der Waals surface area contributed by atoms with Gasteiger partial charge in [-0.25, -0.2) is 14.3 Å². The molecule has 1 aliphatic carbocycles. The summed E-state index contributed by atoms with van der Waals surface area (Å²) in [6, 6.07) is 1.76. The van der Waals surface area contributed by atoms with E-state index >= 15 is 0 Å². The predicted molar refractivity (Wildman–Crippen MR) is 140 cm³/mol. The molecule has 1 N–H and O–H groups in total. The molecule has 5 rings (SSSR count). The Kier molecular flexibility index (Phi) is 7.17. The Bertz CT molecular complexity index is 1260. The number of rotatable bonds is 4. The normalized spacial score (nSPS) is 22.2. The molecule has 10 heteroatoms. The van der Waals surface area contributed by atoms with Crippen molar-refractivity contribution in [1.82, 2.24) is 34.8 Å². The molecule has 2 aliphatic rings. The van der Waals surface area contributed by atoms with Gasteiger partial charge >= 0.3 is 6.03 Å². The lowest BCUT2D eigenvalue weighted by Gasteiger charge is -2.31. The topological polar surface area (TPSA) is 107 Å². The molecule has 4 heterocycles. The van der Waals surface area contributed by atoms with Gasteiger partial charge in [0.15, 0.2) is 5.82 Å². The van der Waals surface area contributed by atoms with Crippen molar-refractivity contribution in [2.45, 2.75) is 77.8 Å². The molecule has 198 valence electrons. The summed E-state index contributed by atoms with van der Waals surface area (Å²) in [5.41, 5.74) is 2.35. The van der Waals surface area contributed by atoms with Crippen LogP contribution in [-0.2, 0) is 0 Å². The summed E-state index contributed by atoms with van der Waals surface area (Å²) in [6.45, 7) is 7.42. The molecule has 2 atom stereocenters. The molecule has 1 fully saturated rings. The van der Waals surface area contributed by atoms with E-state index in [4.69, 9.17) is 14.5 Å². The van der Waals surface area contributed by atoms with Crippen molar-refractivity contribution in [3.63, 3.8) is 0 Å². The maximum Gasteiger partial charge on any atom is 0.318 e. The number of aromatic nitrogens is 5. The Hall–Kier alpha value is -3.43. The zero-order valence-electron chi connectivity index (χ0n) is 22.2. The molecule has 0 radical (unpaired) electrons. The van der Waals surface area contributed by atoms with Crippen LogP contribution in [0.2, 0.25) is 0 Å². The number of methoxy groups -OCH3 is 1. The summed E-state index contributed by atoms with van der Waals surface area (Å²) in [7, 11) is 1.60. The molecule has 3 aromatic rings. The van der Waals surface area contributed by atoms with Gasteiger partial charge in [0.2, 0.25) is 5.65 Å². The van der Waals surface area contributed by atoms with Gasteiger partial charge in [-0.3, -0.25) is 4.98 Å². The van der Waals surface area contributed by atoms with Gasteiger partial charge in [0.25, 0.3) is 5.88 Å². The van der Waals surface area contributed by atoms with Crippen molar-refractivity contribution in [1.29, 1.82) is 0 Å². The zero-order chi connectivity index (χ0) is 26.0. The number of carbonyl (C=O) groups excluding carboxylic acids is 1. The highest BCUT2D eigenvalue weighted by atomic mass is 16.5. The van der Waals surface area contributed by atoms with E-state index < -0.39 is 0 Å². The van der Waals surface area contributed by atoms with E-state index in [-0.39, 0.29) is 18.1 Å². The second-order valence-corrected chi connectivity index (χ2v) is 10.6. The minimum Gasteiger partial charge on any atom is -0.494 e. The van der Waals surface area contributed by atoms with Gasteiger partial charge in [-0.2, -0.15) is 4.98 Å². The lowest BCUT2D eigenvalue weighted by atomic mass is 9.95. The maximum atomic E-state index is 13.5. The second-order valence-electron chi connectivity index (χ2n) is 10.6. The average Bonchev–Trinajstić information content (AvgIpc) is 3.41. The summed E-state index contributed by atoms with van der Waals surface area (Å²) in [6.07, 6.45) is 12.5. The van der Waals surface area contributed by atoms with Gasteiger partial charge < -0.3 is 19.7 Å². The Morgan fingerprint density at radius 2 is 2.08 bits per heavy atom. The third-order valence-corrected chi connectivity index (χ3v) is 7.68. The molecule has 0 saturated heterocycles. The summed E-state index contributed by atoms with van der Waals surface area (Å²) in [5.74, 6) is 1.44. The van der Waals surface area contributed by atoms with Crippen LogP contribution in [0, 0.1) is 5.41 Å². The molecule has 1 saturated carbocycles.